The van der Waals surface area contributed by atoms with Gasteiger partial charge in [-0.3, -0.25) is 4.79 Å². The molecule has 0 aliphatic carbocycles. The Kier molecular flexibility index (Phi) is 6.11. The van der Waals surface area contributed by atoms with Crippen LogP contribution < -0.4 is 0 Å². The third kappa shape index (κ3) is 4.35. The molecule has 0 saturated heterocycles. The molecular weight excluding hydrogens is 388 g/mol. The number of carbonyl (C=O) groups is 1. The van der Waals surface area contributed by atoms with Gasteiger partial charge in [0.1, 0.15) is 5.84 Å². The number of aromatic nitrogens is 3. The van der Waals surface area contributed by atoms with E-state index >= 15 is 0 Å². The van der Waals surface area contributed by atoms with Gasteiger partial charge in [0.2, 0.25) is 0 Å². The van der Waals surface area contributed by atoms with Crippen LogP contribution in [0.4, 0.5) is 5.69 Å². The van der Waals surface area contributed by atoms with Gasteiger partial charge in [-0.2, -0.15) is 15.0 Å². The second kappa shape index (κ2) is 9.12. The lowest BCUT2D eigenvalue weighted by molar-refractivity contribution is 0.0756. The van der Waals surface area contributed by atoms with E-state index in [2.05, 4.69) is 40.2 Å². The van der Waals surface area contributed by atoms with Gasteiger partial charge in [0.05, 0.1) is 29.3 Å². The monoisotopic (exact) mass is 416 g/mol. The third-order valence-electron chi connectivity index (χ3n) is 5.66. The molecule has 7 nitrogen and oxygen atoms in total. The predicted molar refractivity (Wildman–Crippen MR) is 122 cm³/mol. The van der Waals surface area contributed by atoms with Gasteiger partial charge in [0, 0.05) is 32.6 Å². The highest BCUT2D eigenvalue weighted by molar-refractivity contribution is 5.98. The van der Waals surface area contributed by atoms with Crippen LogP contribution in [0.5, 0.6) is 0 Å². The summed E-state index contributed by atoms with van der Waals surface area (Å²) in [5, 5.41) is 8.43. The fourth-order valence-corrected chi connectivity index (χ4v) is 3.92. The number of carbonyl (C=O) groups excluding carboxylic acids is 1. The number of benzene rings is 2. The third-order valence-corrected chi connectivity index (χ3v) is 5.66. The second-order valence-electron chi connectivity index (χ2n) is 7.64. The average Bonchev–Trinajstić information content (AvgIpc) is 3.46. The maximum Gasteiger partial charge on any atom is 0.256 e. The summed E-state index contributed by atoms with van der Waals surface area (Å²) in [4.78, 5) is 23.9. The predicted octanol–water partition coefficient (Wildman–Crippen LogP) is 3.65. The van der Waals surface area contributed by atoms with Crippen LogP contribution in [0, 0.1) is 6.92 Å². The summed E-state index contributed by atoms with van der Waals surface area (Å²) in [6.45, 7) is 8.98. The number of likely N-dealkylation sites (N-methyl/N-ethyl adjacent to an activating group) is 2. The first-order valence-electron chi connectivity index (χ1n) is 10.8. The number of aryl methyl sites for hydroxylation is 1. The molecule has 3 aromatic rings. The first-order chi connectivity index (χ1) is 15.1. The summed E-state index contributed by atoms with van der Waals surface area (Å²) in [7, 11) is 0. The van der Waals surface area contributed by atoms with E-state index in [0.29, 0.717) is 24.3 Å². The lowest BCUT2D eigenvalue weighted by Crippen LogP contribution is -2.41. The molecule has 160 valence electrons. The molecule has 1 aromatic heterocycles. The highest BCUT2D eigenvalue weighted by atomic mass is 16.2. The molecule has 1 amide bonds. The number of rotatable bonds is 7. The number of amides is 1. The Bertz CT molecular complexity index is 1090. The minimum absolute atomic E-state index is 0.00815. The highest BCUT2D eigenvalue weighted by Gasteiger charge is 2.22. The molecule has 0 atom stereocenters. The summed E-state index contributed by atoms with van der Waals surface area (Å²) < 4.78 is 0. The normalized spacial score (nSPS) is 12.4. The van der Waals surface area contributed by atoms with E-state index in [-0.39, 0.29) is 5.91 Å². The Morgan fingerprint density at radius 3 is 2.52 bits per heavy atom. The van der Waals surface area contributed by atoms with Crippen molar-refractivity contribution in [2.75, 3.05) is 26.2 Å². The minimum Gasteiger partial charge on any atom is -0.358 e. The van der Waals surface area contributed by atoms with Gasteiger partial charge in [0.25, 0.3) is 5.91 Å². The average molecular weight is 417 g/mol. The molecule has 31 heavy (non-hydrogen) atoms. The van der Waals surface area contributed by atoms with Crippen molar-refractivity contribution in [1.82, 2.24) is 24.8 Å². The Morgan fingerprint density at radius 1 is 1.03 bits per heavy atom. The van der Waals surface area contributed by atoms with Crippen LogP contribution in [0.25, 0.3) is 5.69 Å². The van der Waals surface area contributed by atoms with Gasteiger partial charge in [0.15, 0.2) is 0 Å². The first-order valence-corrected chi connectivity index (χ1v) is 10.8. The zero-order valence-corrected chi connectivity index (χ0v) is 18.3. The Balaban J connectivity index is 1.50. The molecule has 0 radical (unpaired) electrons. The summed E-state index contributed by atoms with van der Waals surface area (Å²) in [6.07, 6.45) is 4.08. The van der Waals surface area contributed by atoms with E-state index in [1.807, 2.05) is 43.0 Å². The van der Waals surface area contributed by atoms with Crippen LogP contribution in [0.2, 0.25) is 0 Å². The fourth-order valence-electron chi connectivity index (χ4n) is 3.92. The largest absolute Gasteiger partial charge is 0.358 e. The van der Waals surface area contributed by atoms with Crippen molar-refractivity contribution in [1.29, 1.82) is 0 Å². The van der Waals surface area contributed by atoms with Gasteiger partial charge < -0.3 is 9.80 Å². The van der Waals surface area contributed by atoms with Crippen molar-refractivity contribution in [3.8, 4) is 5.69 Å². The Morgan fingerprint density at radius 2 is 1.81 bits per heavy atom. The molecule has 1 aliphatic heterocycles. The highest BCUT2D eigenvalue weighted by Crippen LogP contribution is 2.27. The van der Waals surface area contributed by atoms with Crippen molar-refractivity contribution in [3.63, 3.8) is 0 Å². The molecule has 2 aromatic carbocycles. The number of fused-ring (bicyclic) bond motifs is 1. The Hall–Kier alpha value is -3.48. The van der Waals surface area contributed by atoms with Crippen LogP contribution >= 0.6 is 0 Å². The molecule has 0 N–H and O–H groups in total. The number of aliphatic imine (C=N–C) groups is 1. The van der Waals surface area contributed by atoms with E-state index < -0.39 is 0 Å². The lowest BCUT2D eigenvalue weighted by atomic mass is 10.1. The van der Waals surface area contributed by atoms with Gasteiger partial charge in [-0.15, -0.1) is 0 Å². The maximum atomic E-state index is 13.5. The zero-order valence-electron chi connectivity index (χ0n) is 18.3. The molecule has 0 spiro atoms. The topological polar surface area (TPSA) is 66.6 Å². The van der Waals surface area contributed by atoms with E-state index in [9.17, 15) is 4.79 Å². The van der Waals surface area contributed by atoms with E-state index in [1.54, 1.807) is 12.4 Å². The van der Waals surface area contributed by atoms with Crippen molar-refractivity contribution >= 4 is 17.4 Å². The lowest BCUT2D eigenvalue weighted by Gasteiger charge is -2.28. The van der Waals surface area contributed by atoms with Gasteiger partial charge in [-0.05, 0) is 44.5 Å². The standard InChI is InChI=1S/C24H28N6O/c1-4-28(23-17-19-8-6-7-9-21(19)27-23)14-15-29(5-2)24(31)20-16-18(3)10-11-22(20)30-25-12-13-26-30/h6-13,16H,4-5,14-15,17H2,1-3H3. The molecule has 0 saturated carbocycles. The van der Waals surface area contributed by atoms with Crippen molar-refractivity contribution in [2.45, 2.75) is 27.2 Å². The quantitative estimate of drug-likeness (QED) is 0.590. The smallest absolute Gasteiger partial charge is 0.256 e. The van der Waals surface area contributed by atoms with Crippen molar-refractivity contribution in [2.24, 2.45) is 4.99 Å². The number of hydrogen-bond acceptors (Lipinski definition) is 5. The minimum atomic E-state index is -0.00815. The van der Waals surface area contributed by atoms with Gasteiger partial charge in [-0.1, -0.05) is 29.8 Å². The summed E-state index contributed by atoms with van der Waals surface area (Å²) in [5.74, 6) is 1.07. The molecule has 1 aliphatic rings. The Labute approximate surface area is 183 Å². The van der Waals surface area contributed by atoms with Crippen LogP contribution in [0.15, 0.2) is 59.9 Å². The zero-order chi connectivity index (χ0) is 21.8. The number of hydrogen-bond donors (Lipinski definition) is 0. The maximum absolute atomic E-state index is 13.5. The summed E-state index contributed by atoms with van der Waals surface area (Å²) in [5.41, 5.74) is 4.66. The summed E-state index contributed by atoms with van der Waals surface area (Å²) >= 11 is 0. The van der Waals surface area contributed by atoms with Gasteiger partial charge in [-0.25, -0.2) is 4.99 Å². The van der Waals surface area contributed by atoms with Crippen LogP contribution in [0.1, 0.15) is 35.3 Å². The molecule has 0 fully saturated rings. The summed E-state index contributed by atoms with van der Waals surface area (Å²) in [6, 6.07) is 14.1. The molecule has 4 rings (SSSR count). The van der Waals surface area contributed by atoms with E-state index in [1.165, 1.54) is 10.4 Å². The van der Waals surface area contributed by atoms with Crippen molar-refractivity contribution < 1.29 is 4.79 Å². The molecular formula is C24H28N6O. The van der Waals surface area contributed by atoms with E-state index in [4.69, 9.17) is 4.99 Å². The number of nitrogens with zero attached hydrogens (tertiary/aromatic N) is 6. The van der Waals surface area contributed by atoms with E-state index in [0.717, 1.165) is 36.6 Å². The number of para-hydroxylation sites is 1. The fraction of sp³-hybridized carbons (Fsp3) is 0.333. The molecule has 7 heteroatoms. The number of amidine groups is 1. The van der Waals surface area contributed by atoms with Crippen LogP contribution in [-0.4, -0.2) is 62.7 Å². The SMILES string of the molecule is CCN(CCN(CC)C1=Nc2ccccc2C1)C(=O)c1cc(C)ccc1-n1nccn1. The molecule has 2 heterocycles. The second-order valence-corrected chi connectivity index (χ2v) is 7.64. The molecule has 0 bridgehead atoms. The first kappa shape index (κ1) is 20.8. The van der Waals surface area contributed by atoms with Crippen LogP contribution in [0.3, 0.4) is 0 Å². The molecule has 0 unspecified atom stereocenters. The van der Waals surface area contributed by atoms with Crippen molar-refractivity contribution in [3.05, 3.63) is 71.5 Å². The van der Waals surface area contributed by atoms with Crippen LogP contribution in [-0.2, 0) is 6.42 Å². The van der Waals surface area contributed by atoms with Gasteiger partial charge >= 0.3 is 0 Å².